The molecule has 23 heavy (non-hydrogen) atoms. The number of nitrogens with one attached hydrogen (secondary N) is 2. The molecule has 5 heteroatoms. The van der Waals surface area contributed by atoms with Crippen LogP contribution in [0.3, 0.4) is 0 Å². The molecule has 0 aromatic heterocycles. The zero-order valence-electron chi connectivity index (χ0n) is 13.7. The maximum Gasteiger partial charge on any atom is 0.254 e. The third kappa shape index (κ3) is 3.55. The van der Waals surface area contributed by atoms with E-state index >= 15 is 0 Å². The van der Waals surface area contributed by atoms with E-state index < -0.39 is 0 Å². The molecule has 0 unspecified atom stereocenters. The van der Waals surface area contributed by atoms with E-state index in [1.165, 1.54) is 0 Å². The Morgan fingerprint density at radius 2 is 2.04 bits per heavy atom. The summed E-state index contributed by atoms with van der Waals surface area (Å²) < 4.78 is 0. The van der Waals surface area contributed by atoms with E-state index in [2.05, 4.69) is 17.6 Å². The fraction of sp³-hybridized carbons (Fsp3) is 0.556. The average Bonchev–Trinajstić information content (AvgIpc) is 2.59. The average molecular weight is 315 g/mol. The van der Waals surface area contributed by atoms with Crippen molar-refractivity contribution in [2.75, 3.05) is 25.0 Å². The van der Waals surface area contributed by atoms with Crippen molar-refractivity contribution in [2.24, 2.45) is 0 Å². The number of amides is 2. The molecule has 0 bridgehead atoms. The standard InChI is InChI=1S/C18H25N3O2/c1-2-11-21(15-7-9-19-10-8-15)18(23)14-3-5-16-13(12-14)4-6-17(22)20-16/h3,5,12,15,19H,2,4,6-11H2,1H3,(H,20,22). The summed E-state index contributed by atoms with van der Waals surface area (Å²) in [5, 5.41) is 6.23. The first-order valence-corrected chi connectivity index (χ1v) is 8.63. The van der Waals surface area contributed by atoms with Gasteiger partial charge in [0.05, 0.1) is 0 Å². The van der Waals surface area contributed by atoms with Crippen LogP contribution in [0.1, 0.15) is 48.5 Å². The number of hydrogen-bond acceptors (Lipinski definition) is 3. The molecule has 1 aromatic rings. The summed E-state index contributed by atoms with van der Waals surface area (Å²) in [6.07, 6.45) is 4.22. The third-order valence-corrected chi connectivity index (χ3v) is 4.72. The Morgan fingerprint density at radius 3 is 2.78 bits per heavy atom. The van der Waals surface area contributed by atoms with Crippen molar-refractivity contribution in [1.29, 1.82) is 0 Å². The predicted molar refractivity (Wildman–Crippen MR) is 90.6 cm³/mol. The van der Waals surface area contributed by atoms with Gasteiger partial charge in [-0.05, 0) is 62.5 Å². The van der Waals surface area contributed by atoms with Crippen LogP contribution in [0.4, 0.5) is 5.69 Å². The quantitative estimate of drug-likeness (QED) is 0.895. The lowest BCUT2D eigenvalue weighted by molar-refractivity contribution is -0.116. The first-order chi connectivity index (χ1) is 11.2. The molecule has 2 aliphatic rings. The van der Waals surface area contributed by atoms with E-state index in [9.17, 15) is 9.59 Å². The van der Waals surface area contributed by atoms with Crippen molar-refractivity contribution in [1.82, 2.24) is 10.2 Å². The van der Waals surface area contributed by atoms with Gasteiger partial charge < -0.3 is 15.5 Å². The predicted octanol–water partition coefficient (Wildman–Crippen LogP) is 2.18. The fourth-order valence-electron chi connectivity index (χ4n) is 3.49. The van der Waals surface area contributed by atoms with Gasteiger partial charge in [0.15, 0.2) is 0 Å². The van der Waals surface area contributed by atoms with Crippen molar-refractivity contribution in [2.45, 2.75) is 45.1 Å². The first kappa shape index (κ1) is 16.0. The van der Waals surface area contributed by atoms with E-state index in [1.807, 2.05) is 23.1 Å². The summed E-state index contributed by atoms with van der Waals surface area (Å²) in [6.45, 7) is 4.88. The second-order valence-electron chi connectivity index (χ2n) is 6.40. The van der Waals surface area contributed by atoms with Gasteiger partial charge in [-0.2, -0.15) is 0 Å². The number of nitrogens with zero attached hydrogens (tertiary/aromatic N) is 1. The number of carbonyl (C=O) groups excluding carboxylic acids is 2. The molecule has 0 spiro atoms. The van der Waals surface area contributed by atoms with E-state index in [0.29, 0.717) is 18.9 Å². The lowest BCUT2D eigenvalue weighted by Crippen LogP contribution is -2.46. The Balaban J connectivity index is 1.80. The molecule has 5 nitrogen and oxygen atoms in total. The highest BCUT2D eigenvalue weighted by atomic mass is 16.2. The van der Waals surface area contributed by atoms with Gasteiger partial charge in [-0.3, -0.25) is 9.59 Å². The van der Waals surface area contributed by atoms with Gasteiger partial charge in [-0.25, -0.2) is 0 Å². The van der Waals surface area contributed by atoms with E-state index in [-0.39, 0.29) is 11.8 Å². The number of piperidine rings is 1. The molecule has 1 fully saturated rings. The molecule has 124 valence electrons. The van der Waals surface area contributed by atoms with Crippen LogP contribution in [-0.4, -0.2) is 42.4 Å². The summed E-state index contributed by atoms with van der Waals surface area (Å²) >= 11 is 0. The molecule has 0 aliphatic carbocycles. The van der Waals surface area contributed by atoms with Crippen molar-refractivity contribution in [3.8, 4) is 0 Å². The Hall–Kier alpha value is -1.88. The number of aryl methyl sites for hydroxylation is 1. The lowest BCUT2D eigenvalue weighted by Gasteiger charge is -2.35. The highest BCUT2D eigenvalue weighted by Crippen LogP contribution is 2.25. The van der Waals surface area contributed by atoms with Gasteiger partial charge in [0.25, 0.3) is 5.91 Å². The second-order valence-corrected chi connectivity index (χ2v) is 6.40. The van der Waals surface area contributed by atoms with Crippen LogP contribution in [0.2, 0.25) is 0 Å². The second kappa shape index (κ2) is 7.13. The van der Waals surface area contributed by atoms with Crippen molar-refractivity contribution in [3.05, 3.63) is 29.3 Å². The van der Waals surface area contributed by atoms with Crippen LogP contribution in [0.15, 0.2) is 18.2 Å². The maximum atomic E-state index is 13.0. The van der Waals surface area contributed by atoms with Crippen LogP contribution in [-0.2, 0) is 11.2 Å². The van der Waals surface area contributed by atoms with Gasteiger partial charge in [-0.1, -0.05) is 6.92 Å². The highest BCUT2D eigenvalue weighted by Gasteiger charge is 2.26. The molecular formula is C18H25N3O2. The zero-order valence-corrected chi connectivity index (χ0v) is 13.7. The van der Waals surface area contributed by atoms with Crippen molar-refractivity contribution < 1.29 is 9.59 Å². The van der Waals surface area contributed by atoms with Crippen LogP contribution in [0.25, 0.3) is 0 Å². The van der Waals surface area contributed by atoms with Gasteiger partial charge in [0.2, 0.25) is 5.91 Å². The lowest BCUT2D eigenvalue weighted by atomic mass is 9.98. The highest BCUT2D eigenvalue weighted by molar-refractivity contribution is 5.98. The zero-order chi connectivity index (χ0) is 16.2. The van der Waals surface area contributed by atoms with Gasteiger partial charge in [-0.15, -0.1) is 0 Å². The number of hydrogen-bond donors (Lipinski definition) is 2. The Bertz CT molecular complexity index is 594. The van der Waals surface area contributed by atoms with Crippen LogP contribution >= 0.6 is 0 Å². The summed E-state index contributed by atoms with van der Waals surface area (Å²) in [6, 6.07) is 6.00. The molecule has 0 atom stereocenters. The van der Waals surface area contributed by atoms with Crippen LogP contribution in [0, 0.1) is 0 Å². The topological polar surface area (TPSA) is 61.4 Å². The number of rotatable bonds is 4. The molecule has 2 heterocycles. The molecule has 1 aromatic carbocycles. The SMILES string of the molecule is CCCN(C(=O)c1ccc2c(c1)CCC(=O)N2)C1CCNCC1. The molecular weight excluding hydrogens is 290 g/mol. The summed E-state index contributed by atoms with van der Waals surface area (Å²) in [4.78, 5) is 26.5. The minimum atomic E-state index is 0.0545. The molecule has 2 aliphatic heterocycles. The van der Waals surface area contributed by atoms with Gasteiger partial charge >= 0.3 is 0 Å². The van der Waals surface area contributed by atoms with E-state index in [1.54, 1.807) is 0 Å². The number of fused-ring (bicyclic) bond motifs is 1. The minimum Gasteiger partial charge on any atom is -0.336 e. The summed E-state index contributed by atoms with van der Waals surface area (Å²) in [7, 11) is 0. The van der Waals surface area contributed by atoms with Gasteiger partial charge in [0, 0.05) is 30.3 Å². The van der Waals surface area contributed by atoms with E-state index in [0.717, 1.165) is 55.7 Å². The van der Waals surface area contributed by atoms with E-state index in [4.69, 9.17) is 0 Å². The van der Waals surface area contributed by atoms with Crippen LogP contribution < -0.4 is 10.6 Å². The number of benzene rings is 1. The molecule has 0 radical (unpaired) electrons. The monoisotopic (exact) mass is 315 g/mol. The third-order valence-electron chi connectivity index (χ3n) is 4.72. The molecule has 3 rings (SSSR count). The Morgan fingerprint density at radius 1 is 1.26 bits per heavy atom. The number of anilines is 1. The normalized spacial score (nSPS) is 18.2. The first-order valence-electron chi connectivity index (χ1n) is 8.63. The smallest absolute Gasteiger partial charge is 0.254 e. The van der Waals surface area contributed by atoms with Gasteiger partial charge in [0.1, 0.15) is 0 Å². The largest absolute Gasteiger partial charge is 0.336 e. The molecule has 2 amide bonds. The summed E-state index contributed by atoms with van der Waals surface area (Å²) in [5.74, 6) is 0.178. The minimum absolute atomic E-state index is 0.0545. The fourth-order valence-corrected chi connectivity index (χ4v) is 3.49. The Kier molecular flexibility index (Phi) is 4.96. The molecule has 0 saturated carbocycles. The van der Waals surface area contributed by atoms with Crippen molar-refractivity contribution >= 4 is 17.5 Å². The number of carbonyl (C=O) groups is 2. The molecule has 1 saturated heterocycles. The van der Waals surface area contributed by atoms with Crippen LogP contribution in [0.5, 0.6) is 0 Å². The summed E-state index contributed by atoms with van der Waals surface area (Å²) in [5.41, 5.74) is 2.66. The maximum absolute atomic E-state index is 13.0. The Labute approximate surface area is 137 Å². The van der Waals surface area contributed by atoms with Crippen molar-refractivity contribution in [3.63, 3.8) is 0 Å². The molecule has 2 N–H and O–H groups in total.